The van der Waals surface area contributed by atoms with Crippen LogP contribution in [0, 0.1) is 0 Å². The predicted molar refractivity (Wildman–Crippen MR) is 115 cm³/mol. The summed E-state index contributed by atoms with van der Waals surface area (Å²) in [5.74, 6) is 1.87. The summed E-state index contributed by atoms with van der Waals surface area (Å²) >= 11 is 0. The third kappa shape index (κ3) is 5.51. The van der Waals surface area contributed by atoms with Crippen LogP contribution in [-0.2, 0) is 5.41 Å². The van der Waals surface area contributed by atoms with Gasteiger partial charge >= 0.3 is 0 Å². The first kappa shape index (κ1) is 21.3. The highest BCUT2D eigenvalue weighted by atomic mass is 16.5. The lowest BCUT2D eigenvalue weighted by atomic mass is 9.78. The van der Waals surface area contributed by atoms with E-state index >= 15 is 0 Å². The van der Waals surface area contributed by atoms with E-state index in [9.17, 15) is 0 Å². The van der Waals surface area contributed by atoms with Crippen molar-refractivity contribution in [2.24, 2.45) is 0 Å². The monoisotopic (exact) mass is 368 g/mol. The molecule has 0 aliphatic carbocycles. The van der Waals surface area contributed by atoms with Crippen molar-refractivity contribution >= 4 is 0 Å². The Morgan fingerprint density at radius 1 is 0.778 bits per heavy atom. The van der Waals surface area contributed by atoms with Gasteiger partial charge in [0, 0.05) is 5.41 Å². The first-order valence-electron chi connectivity index (χ1n) is 10.3. The van der Waals surface area contributed by atoms with Crippen molar-refractivity contribution in [3.05, 3.63) is 59.7 Å². The van der Waals surface area contributed by atoms with Crippen molar-refractivity contribution < 1.29 is 9.47 Å². The van der Waals surface area contributed by atoms with Crippen LogP contribution in [0.5, 0.6) is 11.5 Å². The molecule has 2 aromatic carbocycles. The van der Waals surface area contributed by atoms with Crippen LogP contribution in [-0.4, -0.2) is 11.7 Å². The second-order valence-corrected chi connectivity index (χ2v) is 8.50. The highest BCUT2D eigenvalue weighted by molar-refractivity contribution is 5.42. The molecule has 0 N–H and O–H groups in total. The van der Waals surface area contributed by atoms with Crippen LogP contribution in [0.2, 0.25) is 0 Å². The fourth-order valence-electron chi connectivity index (χ4n) is 3.44. The van der Waals surface area contributed by atoms with Crippen LogP contribution in [0.15, 0.2) is 48.5 Å². The molecule has 0 amide bonds. The van der Waals surface area contributed by atoms with Crippen LogP contribution in [0.25, 0.3) is 0 Å². The minimum absolute atomic E-state index is 0.0770. The van der Waals surface area contributed by atoms with Crippen LogP contribution < -0.4 is 9.47 Å². The Balaban J connectivity index is 2.17. The minimum Gasteiger partial charge on any atom is -0.491 e. The molecular weight excluding hydrogens is 332 g/mol. The first-order valence-corrected chi connectivity index (χ1v) is 10.3. The molecule has 0 spiro atoms. The van der Waals surface area contributed by atoms with Crippen LogP contribution in [0.1, 0.15) is 78.9 Å². The Labute approximate surface area is 165 Å². The van der Waals surface area contributed by atoms with Crippen molar-refractivity contribution in [2.45, 2.75) is 84.8 Å². The molecule has 2 rings (SSSR count). The van der Waals surface area contributed by atoms with Gasteiger partial charge in [0.25, 0.3) is 0 Å². The molecular formula is C25H36O2. The highest BCUT2D eigenvalue weighted by Gasteiger charge is 2.25. The highest BCUT2D eigenvalue weighted by Crippen LogP contribution is 2.34. The van der Waals surface area contributed by atoms with Gasteiger partial charge in [0.15, 0.2) is 0 Å². The molecule has 0 heterocycles. The van der Waals surface area contributed by atoms with E-state index in [2.05, 4.69) is 83.1 Å². The van der Waals surface area contributed by atoms with Gasteiger partial charge in [-0.3, -0.25) is 0 Å². The molecule has 1 atom stereocenters. The van der Waals surface area contributed by atoms with Gasteiger partial charge in [-0.2, -0.15) is 0 Å². The Hall–Kier alpha value is -1.96. The van der Waals surface area contributed by atoms with Gasteiger partial charge in [-0.15, -0.1) is 0 Å². The van der Waals surface area contributed by atoms with Gasteiger partial charge in [-0.25, -0.2) is 0 Å². The van der Waals surface area contributed by atoms with Crippen LogP contribution in [0.4, 0.5) is 0 Å². The van der Waals surface area contributed by atoms with Gasteiger partial charge in [0.2, 0.25) is 0 Å². The maximum atomic E-state index is 6.30. The van der Waals surface area contributed by atoms with Gasteiger partial charge in [0.05, 0.1) is 6.10 Å². The Morgan fingerprint density at radius 2 is 1.26 bits per heavy atom. The van der Waals surface area contributed by atoms with Gasteiger partial charge in [-0.1, -0.05) is 58.4 Å². The summed E-state index contributed by atoms with van der Waals surface area (Å²) in [5.41, 5.74) is 2.39. The lowest BCUT2D eigenvalue weighted by molar-refractivity contribution is 0.0741. The van der Waals surface area contributed by atoms with Gasteiger partial charge in [0.1, 0.15) is 17.1 Å². The molecule has 0 fully saturated rings. The lowest BCUT2D eigenvalue weighted by Crippen LogP contribution is -2.31. The summed E-state index contributed by atoms with van der Waals surface area (Å²) in [7, 11) is 0. The molecule has 1 unspecified atom stereocenters. The second kappa shape index (κ2) is 8.82. The number of ether oxygens (including phenoxy) is 2. The summed E-state index contributed by atoms with van der Waals surface area (Å²) < 4.78 is 12.1. The average Bonchev–Trinajstić information content (AvgIpc) is 2.62. The van der Waals surface area contributed by atoms with Crippen molar-refractivity contribution in [3.63, 3.8) is 0 Å². The molecule has 0 aromatic heterocycles. The third-order valence-electron chi connectivity index (χ3n) is 5.41. The van der Waals surface area contributed by atoms with Crippen molar-refractivity contribution in [3.8, 4) is 11.5 Å². The molecule has 0 aliphatic rings. The molecule has 0 bridgehead atoms. The maximum absolute atomic E-state index is 6.30. The summed E-state index contributed by atoms with van der Waals surface area (Å²) in [5, 5.41) is 0. The molecule has 148 valence electrons. The smallest absolute Gasteiger partial charge is 0.120 e. The molecule has 2 nitrogen and oxygen atoms in total. The zero-order chi connectivity index (χ0) is 20.1. The average molecular weight is 369 g/mol. The number of benzene rings is 2. The molecule has 0 saturated carbocycles. The summed E-state index contributed by atoms with van der Waals surface area (Å²) in [6.45, 7) is 15.2. The molecule has 27 heavy (non-hydrogen) atoms. The van der Waals surface area contributed by atoms with Crippen molar-refractivity contribution in [2.75, 3.05) is 0 Å². The Bertz CT molecular complexity index is 698. The number of hydrogen-bond acceptors (Lipinski definition) is 2. The standard InChI is InChI=1S/C25H36O2/c1-8-18-25(7,9-2)27-23-16-12-21(13-17-23)24(5,6)20-10-14-22(15-11-20)26-19(3)4/h10-17,19H,8-9,18H2,1-7H3. The van der Waals surface area contributed by atoms with E-state index in [0.29, 0.717) is 0 Å². The molecule has 2 heteroatoms. The Morgan fingerprint density at radius 3 is 1.67 bits per heavy atom. The molecule has 0 saturated heterocycles. The van der Waals surface area contributed by atoms with E-state index in [0.717, 1.165) is 30.8 Å². The van der Waals surface area contributed by atoms with Gasteiger partial charge in [-0.05, 0) is 69.0 Å². The topological polar surface area (TPSA) is 18.5 Å². The largest absolute Gasteiger partial charge is 0.491 e. The quantitative estimate of drug-likeness (QED) is 0.468. The fourth-order valence-corrected chi connectivity index (χ4v) is 3.44. The predicted octanol–water partition coefficient (Wildman–Crippen LogP) is 7.15. The number of hydrogen-bond donors (Lipinski definition) is 0. The second-order valence-electron chi connectivity index (χ2n) is 8.50. The first-order chi connectivity index (χ1) is 12.7. The van der Waals surface area contributed by atoms with Crippen molar-refractivity contribution in [1.82, 2.24) is 0 Å². The normalized spacial score (nSPS) is 14.1. The molecule has 0 radical (unpaired) electrons. The van der Waals surface area contributed by atoms with Crippen LogP contribution in [0.3, 0.4) is 0 Å². The van der Waals surface area contributed by atoms with E-state index in [1.807, 2.05) is 13.8 Å². The van der Waals surface area contributed by atoms with E-state index in [1.165, 1.54) is 11.1 Å². The van der Waals surface area contributed by atoms with E-state index < -0.39 is 0 Å². The molecule has 2 aromatic rings. The van der Waals surface area contributed by atoms with Crippen LogP contribution >= 0.6 is 0 Å². The number of rotatable bonds is 9. The fraction of sp³-hybridized carbons (Fsp3) is 0.520. The zero-order valence-electron chi connectivity index (χ0n) is 18.1. The summed E-state index contributed by atoms with van der Waals surface area (Å²) in [6.07, 6.45) is 3.41. The third-order valence-corrected chi connectivity index (χ3v) is 5.41. The summed E-state index contributed by atoms with van der Waals surface area (Å²) in [6, 6.07) is 17.0. The van der Waals surface area contributed by atoms with Gasteiger partial charge < -0.3 is 9.47 Å². The van der Waals surface area contributed by atoms with Crippen molar-refractivity contribution in [1.29, 1.82) is 0 Å². The van der Waals surface area contributed by atoms with E-state index in [-0.39, 0.29) is 17.1 Å². The summed E-state index contributed by atoms with van der Waals surface area (Å²) in [4.78, 5) is 0. The minimum atomic E-state index is -0.0853. The molecule has 0 aliphatic heterocycles. The Kier molecular flexibility index (Phi) is 6.97. The zero-order valence-corrected chi connectivity index (χ0v) is 18.1. The SMILES string of the molecule is CCCC(C)(CC)Oc1ccc(C(C)(C)c2ccc(OC(C)C)cc2)cc1. The maximum Gasteiger partial charge on any atom is 0.120 e. The lowest BCUT2D eigenvalue weighted by Gasteiger charge is -2.30. The van der Waals surface area contributed by atoms with E-state index in [4.69, 9.17) is 9.47 Å². The van der Waals surface area contributed by atoms with E-state index in [1.54, 1.807) is 0 Å².